The molecular weight excluding hydrogens is 312 g/mol. The van der Waals surface area contributed by atoms with Gasteiger partial charge in [-0.1, -0.05) is 54.6 Å². The van der Waals surface area contributed by atoms with Crippen molar-refractivity contribution in [2.24, 2.45) is 0 Å². The van der Waals surface area contributed by atoms with Gasteiger partial charge >= 0.3 is 0 Å². The molecule has 0 unspecified atom stereocenters. The molecule has 0 aliphatic carbocycles. The van der Waals surface area contributed by atoms with Crippen molar-refractivity contribution in [3.05, 3.63) is 72.3 Å². The van der Waals surface area contributed by atoms with Crippen LogP contribution in [-0.2, 0) is 17.3 Å². The highest BCUT2D eigenvalue weighted by molar-refractivity contribution is 7.97. The maximum Gasteiger partial charge on any atom is 0.204 e. The minimum atomic E-state index is 0.350. The largest absolute Gasteiger partial charge is 0.488 e. The van der Waals surface area contributed by atoms with E-state index < -0.39 is 0 Å². The second kappa shape index (κ2) is 7.31. The van der Waals surface area contributed by atoms with Gasteiger partial charge in [-0.3, -0.25) is 0 Å². The van der Waals surface area contributed by atoms with Gasteiger partial charge in [-0.15, -0.1) is 0 Å². The first-order chi connectivity index (χ1) is 11.9. The Morgan fingerprint density at radius 2 is 1.54 bits per heavy atom. The topological polar surface area (TPSA) is 9.23 Å². The van der Waals surface area contributed by atoms with Gasteiger partial charge in [0.25, 0.3) is 0 Å². The van der Waals surface area contributed by atoms with Gasteiger partial charge < -0.3 is 4.74 Å². The van der Waals surface area contributed by atoms with Crippen LogP contribution in [0.1, 0.15) is 18.4 Å². The highest BCUT2D eigenvalue weighted by Gasteiger charge is 2.32. The Labute approximate surface area is 147 Å². The van der Waals surface area contributed by atoms with Crippen molar-refractivity contribution in [3.8, 4) is 5.75 Å². The Morgan fingerprint density at radius 3 is 2.38 bits per heavy atom. The quantitative estimate of drug-likeness (QED) is 0.580. The Kier molecular flexibility index (Phi) is 4.75. The molecule has 0 saturated carbocycles. The van der Waals surface area contributed by atoms with Gasteiger partial charge in [-0.2, -0.15) is 0 Å². The standard InChI is InChI=1S/C22H23OS/c1-2-8-18(9-3-1)14-15-23-21-13-12-19-10-4-5-11-20(19)22(21)24-16-6-7-17-24/h1-5,8-13H,6-7,14-17H2/q+1. The van der Waals surface area contributed by atoms with Crippen LogP contribution in [-0.4, -0.2) is 18.1 Å². The highest BCUT2D eigenvalue weighted by atomic mass is 32.2. The number of rotatable bonds is 5. The molecule has 1 aliphatic heterocycles. The second-order valence-electron chi connectivity index (χ2n) is 6.31. The van der Waals surface area contributed by atoms with E-state index in [0.717, 1.165) is 18.8 Å². The number of hydrogen-bond donors (Lipinski definition) is 0. The van der Waals surface area contributed by atoms with Crippen molar-refractivity contribution in [3.63, 3.8) is 0 Å². The lowest BCUT2D eigenvalue weighted by molar-refractivity contribution is 0.315. The molecule has 24 heavy (non-hydrogen) atoms. The molecule has 1 aliphatic rings. The molecule has 2 heteroatoms. The number of hydrogen-bond acceptors (Lipinski definition) is 1. The average Bonchev–Trinajstić information content (AvgIpc) is 3.16. The van der Waals surface area contributed by atoms with E-state index in [1.165, 1.54) is 45.6 Å². The molecule has 1 saturated heterocycles. The van der Waals surface area contributed by atoms with E-state index in [-0.39, 0.29) is 0 Å². The lowest BCUT2D eigenvalue weighted by atomic mass is 10.1. The van der Waals surface area contributed by atoms with E-state index in [0.29, 0.717) is 10.9 Å². The van der Waals surface area contributed by atoms with E-state index in [9.17, 15) is 0 Å². The van der Waals surface area contributed by atoms with E-state index >= 15 is 0 Å². The highest BCUT2D eigenvalue weighted by Crippen LogP contribution is 2.37. The molecule has 122 valence electrons. The van der Waals surface area contributed by atoms with Crippen molar-refractivity contribution < 1.29 is 4.74 Å². The monoisotopic (exact) mass is 335 g/mol. The fourth-order valence-corrected chi connectivity index (χ4v) is 6.04. The maximum atomic E-state index is 6.27. The molecule has 4 rings (SSSR count). The van der Waals surface area contributed by atoms with Crippen molar-refractivity contribution in [2.75, 3.05) is 18.1 Å². The molecule has 3 aromatic rings. The first-order valence-corrected chi connectivity index (χ1v) is 10.3. The number of ether oxygens (including phenoxy) is 1. The van der Waals surface area contributed by atoms with E-state index in [4.69, 9.17) is 4.74 Å². The van der Waals surface area contributed by atoms with Crippen molar-refractivity contribution in [1.29, 1.82) is 0 Å². The van der Waals surface area contributed by atoms with Crippen LogP contribution in [0.15, 0.2) is 71.6 Å². The van der Waals surface area contributed by atoms with E-state index in [2.05, 4.69) is 66.7 Å². The van der Waals surface area contributed by atoms with Gasteiger partial charge in [0.15, 0.2) is 5.75 Å². The predicted molar refractivity (Wildman–Crippen MR) is 104 cm³/mol. The minimum Gasteiger partial charge on any atom is -0.488 e. The summed E-state index contributed by atoms with van der Waals surface area (Å²) >= 11 is 0. The molecule has 1 heterocycles. The molecule has 0 amide bonds. The molecule has 3 aromatic carbocycles. The van der Waals surface area contributed by atoms with Gasteiger partial charge in [0.1, 0.15) is 11.5 Å². The normalized spacial score (nSPS) is 15.0. The summed E-state index contributed by atoms with van der Waals surface area (Å²) in [7, 11) is 0.350. The lowest BCUT2D eigenvalue weighted by Gasteiger charge is -2.13. The number of benzene rings is 3. The molecule has 0 aromatic heterocycles. The summed E-state index contributed by atoms with van der Waals surface area (Å²) in [5.41, 5.74) is 1.34. The molecule has 0 spiro atoms. The van der Waals surface area contributed by atoms with Crippen molar-refractivity contribution in [1.82, 2.24) is 0 Å². The first-order valence-electron chi connectivity index (χ1n) is 8.78. The summed E-state index contributed by atoms with van der Waals surface area (Å²) in [6.45, 7) is 0.743. The van der Waals surface area contributed by atoms with Gasteiger partial charge in [-0.05, 0) is 35.9 Å². The summed E-state index contributed by atoms with van der Waals surface area (Å²) in [4.78, 5) is 1.47. The van der Waals surface area contributed by atoms with E-state index in [1.54, 1.807) is 0 Å². The van der Waals surface area contributed by atoms with Crippen molar-refractivity contribution in [2.45, 2.75) is 24.2 Å². The molecule has 0 radical (unpaired) electrons. The Hall–Kier alpha value is -1.93. The zero-order chi connectivity index (χ0) is 16.2. The number of fused-ring (bicyclic) bond motifs is 1. The maximum absolute atomic E-state index is 6.27. The Morgan fingerprint density at radius 1 is 0.792 bits per heavy atom. The fraction of sp³-hybridized carbons (Fsp3) is 0.273. The van der Waals surface area contributed by atoms with Gasteiger partial charge in [-0.25, -0.2) is 0 Å². The van der Waals surface area contributed by atoms with Gasteiger partial charge in [0, 0.05) is 22.7 Å². The summed E-state index contributed by atoms with van der Waals surface area (Å²) in [5.74, 6) is 3.75. The third-order valence-electron chi connectivity index (χ3n) is 4.65. The summed E-state index contributed by atoms with van der Waals surface area (Å²) in [5, 5.41) is 2.72. The van der Waals surface area contributed by atoms with Crippen LogP contribution < -0.4 is 4.74 Å². The van der Waals surface area contributed by atoms with Crippen LogP contribution in [0.25, 0.3) is 10.8 Å². The van der Waals surface area contributed by atoms with Gasteiger partial charge in [0.05, 0.1) is 6.61 Å². The fourth-order valence-electron chi connectivity index (χ4n) is 3.42. The molecule has 0 atom stereocenters. The Bertz CT molecular complexity index is 807. The lowest BCUT2D eigenvalue weighted by Crippen LogP contribution is -2.09. The van der Waals surface area contributed by atoms with Crippen molar-refractivity contribution >= 4 is 21.7 Å². The minimum absolute atomic E-state index is 0.350. The second-order valence-corrected chi connectivity index (χ2v) is 8.52. The predicted octanol–water partition coefficient (Wildman–Crippen LogP) is 5.23. The molecular formula is C22H23OS+. The van der Waals surface area contributed by atoms with Crippen LogP contribution in [0.2, 0.25) is 0 Å². The van der Waals surface area contributed by atoms with Crippen LogP contribution in [0.5, 0.6) is 5.75 Å². The summed E-state index contributed by atoms with van der Waals surface area (Å²) in [6, 6.07) is 23.7. The molecule has 0 bridgehead atoms. The molecule has 1 fully saturated rings. The average molecular weight is 335 g/mol. The van der Waals surface area contributed by atoms with Crippen LogP contribution in [0.4, 0.5) is 0 Å². The zero-order valence-corrected chi connectivity index (χ0v) is 14.7. The third-order valence-corrected chi connectivity index (χ3v) is 7.22. The summed E-state index contributed by atoms with van der Waals surface area (Å²) in [6.07, 6.45) is 3.67. The van der Waals surface area contributed by atoms with Crippen LogP contribution in [0.3, 0.4) is 0 Å². The zero-order valence-electron chi connectivity index (χ0n) is 13.9. The Balaban J connectivity index is 1.60. The van der Waals surface area contributed by atoms with Gasteiger partial charge in [0.2, 0.25) is 4.90 Å². The SMILES string of the molecule is c1ccc(CCOc2ccc3ccccc3c2[S+]2CCCC2)cc1. The third kappa shape index (κ3) is 3.29. The smallest absolute Gasteiger partial charge is 0.204 e. The van der Waals surface area contributed by atoms with Crippen LogP contribution in [0, 0.1) is 0 Å². The first kappa shape index (κ1) is 15.6. The summed E-state index contributed by atoms with van der Waals surface area (Å²) < 4.78 is 6.27. The molecule has 0 N–H and O–H groups in total. The van der Waals surface area contributed by atoms with E-state index in [1.807, 2.05) is 0 Å². The molecule has 1 nitrogen and oxygen atoms in total. The van der Waals surface area contributed by atoms with Crippen LogP contribution >= 0.6 is 0 Å².